The smallest absolute Gasteiger partial charge is 0.465 e. The van der Waals surface area contributed by atoms with E-state index in [9.17, 15) is 14.6 Å². The van der Waals surface area contributed by atoms with Crippen LogP contribution in [-0.4, -0.2) is 31.1 Å². The molecule has 1 amide bonds. The van der Waals surface area contributed by atoms with E-state index in [0.29, 0.717) is 28.2 Å². The average Bonchev–Trinajstić information content (AvgIpc) is 3.24. The molecule has 0 saturated carbocycles. The van der Waals surface area contributed by atoms with Crippen LogP contribution < -0.4 is 10.8 Å². The van der Waals surface area contributed by atoms with Gasteiger partial charge < -0.3 is 19.7 Å². The van der Waals surface area contributed by atoms with E-state index in [0.717, 1.165) is 15.6 Å². The van der Waals surface area contributed by atoms with Crippen molar-refractivity contribution in [3.8, 4) is 0 Å². The molecular formula is C18H14BNO5S. The first-order chi connectivity index (χ1) is 12.5. The molecule has 8 heteroatoms. The largest absolute Gasteiger partial charge is 0.491 e. The molecular weight excluding hydrogens is 353 g/mol. The Morgan fingerprint density at radius 1 is 1.23 bits per heavy atom. The van der Waals surface area contributed by atoms with Crippen molar-refractivity contribution >= 4 is 51.6 Å². The van der Waals surface area contributed by atoms with Crippen molar-refractivity contribution in [2.45, 2.75) is 6.61 Å². The van der Waals surface area contributed by atoms with Crippen molar-refractivity contribution in [1.82, 2.24) is 0 Å². The highest BCUT2D eigenvalue weighted by atomic mass is 32.1. The summed E-state index contributed by atoms with van der Waals surface area (Å²) in [5.41, 5.74) is 2.56. The highest BCUT2D eigenvalue weighted by Gasteiger charge is 2.28. The van der Waals surface area contributed by atoms with Crippen LogP contribution in [0.25, 0.3) is 10.1 Å². The number of nitrogens with one attached hydrogen (secondary N) is 1. The lowest BCUT2D eigenvalue weighted by atomic mass is 9.79. The van der Waals surface area contributed by atoms with Gasteiger partial charge >= 0.3 is 13.1 Å². The number of carbonyl (C=O) groups is 2. The molecule has 0 radical (unpaired) electrons. The Morgan fingerprint density at radius 3 is 2.88 bits per heavy atom. The summed E-state index contributed by atoms with van der Waals surface area (Å²) in [6.07, 6.45) is 0. The van der Waals surface area contributed by atoms with E-state index < -0.39 is 7.12 Å². The molecule has 0 saturated heterocycles. The first kappa shape index (κ1) is 16.8. The maximum absolute atomic E-state index is 12.5. The van der Waals surface area contributed by atoms with Crippen LogP contribution in [0.2, 0.25) is 0 Å². The summed E-state index contributed by atoms with van der Waals surface area (Å²) in [5, 5.41) is 13.5. The zero-order valence-corrected chi connectivity index (χ0v) is 14.6. The molecule has 2 aromatic carbocycles. The molecule has 6 nitrogen and oxygen atoms in total. The van der Waals surface area contributed by atoms with Gasteiger partial charge in [0.25, 0.3) is 5.91 Å². The maximum Gasteiger partial charge on any atom is 0.491 e. The second kappa shape index (κ2) is 6.56. The number of fused-ring (bicyclic) bond motifs is 2. The first-order valence-electron chi connectivity index (χ1n) is 7.91. The van der Waals surface area contributed by atoms with E-state index in [-0.39, 0.29) is 11.9 Å². The number of thiophene rings is 1. The molecule has 130 valence electrons. The highest BCUT2D eigenvalue weighted by molar-refractivity contribution is 7.20. The van der Waals surface area contributed by atoms with Gasteiger partial charge in [-0.05, 0) is 52.8 Å². The number of carbonyl (C=O) groups excluding carboxylic acids is 2. The minimum atomic E-state index is -0.989. The second-order valence-electron chi connectivity index (χ2n) is 5.89. The van der Waals surface area contributed by atoms with E-state index in [2.05, 4.69) is 5.32 Å². The molecule has 2 N–H and O–H groups in total. The Hall–Kier alpha value is -2.68. The van der Waals surface area contributed by atoms with Gasteiger partial charge in [0.1, 0.15) is 4.88 Å². The summed E-state index contributed by atoms with van der Waals surface area (Å²) < 4.78 is 10.8. The number of hydrogen-bond donors (Lipinski definition) is 2. The van der Waals surface area contributed by atoms with Gasteiger partial charge in [0.05, 0.1) is 13.7 Å². The lowest BCUT2D eigenvalue weighted by Crippen LogP contribution is -2.29. The Balaban J connectivity index is 1.58. The summed E-state index contributed by atoms with van der Waals surface area (Å²) >= 11 is 1.34. The fourth-order valence-corrected chi connectivity index (χ4v) is 3.84. The number of hydrogen-bond acceptors (Lipinski definition) is 6. The fourth-order valence-electron chi connectivity index (χ4n) is 2.88. The predicted molar refractivity (Wildman–Crippen MR) is 100.0 cm³/mol. The van der Waals surface area contributed by atoms with E-state index in [1.54, 1.807) is 30.3 Å². The van der Waals surface area contributed by atoms with E-state index in [4.69, 9.17) is 9.39 Å². The van der Waals surface area contributed by atoms with Crippen molar-refractivity contribution in [2.24, 2.45) is 0 Å². The predicted octanol–water partition coefficient (Wildman–Crippen LogP) is 2.16. The summed E-state index contributed by atoms with van der Waals surface area (Å²) in [6.45, 7) is 0.343. The fraction of sp³-hybridized carbons (Fsp3) is 0.111. The third-order valence-electron chi connectivity index (χ3n) is 4.23. The van der Waals surface area contributed by atoms with Crippen molar-refractivity contribution < 1.29 is 24.0 Å². The standard InChI is InChI=1S/C18H14BNO5S/c1-24-18(22)16-8-12-6-13(4-5-15(12)26-16)20-17(21)10-2-3-11-9-25-19(23)14(11)7-10/h2-8,23H,9H2,1H3,(H,20,21). The summed E-state index contributed by atoms with van der Waals surface area (Å²) in [5.74, 6) is -0.662. The number of rotatable bonds is 3. The van der Waals surface area contributed by atoms with Gasteiger partial charge in [0.2, 0.25) is 0 Å². The number of amides is 1. The van der Waals surface area contributed by atoms with Crippen molar-refractivity contribution in [2.75, 3.05) is 12.4 Å². The Morgan fingerprint density at radius 2 is 2.08 bits per heavy atom. The molecule has 0 bridgehead atoms. The zero-order valence-electron chi connectivity index (χ0n) is 13.8. The van der Waals surface area contributed by atoms with E-state index >= 15 is 0 Å². The quantitative estimate of drug-likeness (QED) is 0.548. The SMILES string of the molecule is COC(=O)c1cc2cc(NC(=O)c3ccc4c(c3)B(O)OC4)ccc2s1. The van der Waals surface area contributed by atoms with Crippen LogP contribution in [0.3, 0.4) is 0 Å². The summed E-state index contributed by atoms with van der Waals surface area (Å²) in [6, 6.07) is 12.3. The van der Waals surface area contributed by atoms with E-state index in [1.807, 2.05) is 12.1 Å². The number of benzene rings is 2. The third-order valence-corrected chi connectivity index (χ3v) is 5.33. The zero-order chi connectivity index (χ0) is 18.3. The van der Waals surface area contributed by atoms with Gasteiger partial charge in [0.15, 0.2) is 0 Å². The molecule has 2 heterocycles. The Bertz CT molecular complexity index is 1030. The van der Waals surface area contributed by atoms with Crippen molar-refractivity contribution in [3.05, 3.63) is 58.5 Å². The molecule has 3 aromatic rings. The van der Waals surface area contributed by atoms with Gasteiger partial charge in [0, 0.05) is 16.0 Å². The van der Waals surface area contributed by atoms with Crippen LogP contribution in [0, 0.1) is 0 Å². The molecule has 1 aliphatic rings. The summed E-state index contributed by atoms with van der Waals surface area (Å²) in [4.78, 5) is 24.7. The van der Waals surface area contributed by atoms with Gasteiger partial charge in [-0.2, -0.15) is 0 Å². The van der Waals surface area contributed by atoms with E-state index in [1.165, 1.54) is 18.4 Å². The Kier molecular flexibility index (Phi) is 4.24. The minimum Gasteiger partial charge on any atom is -0.465 e. The average molecular weight is 367 g/mol. The van der Waals surface area contributed by atoms with Gasteiger partial charge in [-0.3, -0.25) is 4.79 Å². The number of methoxy groups -OCH3 is 1. The number of ether oxygens (including phenoxy) is 1. The topological polar surface area (TPSA) is 84.9 Å². The minimum absolute atomic E-state index is 0.283. The summed E-state index contributed by atoms with van der Waals surface area (Å²) in [7, 11) is 0.355. The van der Waals surface area contributed by atoms with Crippen molar-refractivity contribution in [1.29, 1.82) is 0 Å². The van der Waals surface area contributed by atoms with Crippen LogP contribution in [0.4, 0.5) is 5.69 Å². The Labute approximate surface area is 153 Å². The van der Waals surface area contributed by atoms with Crippen LogP contribution in [-0.2, 0) is 16.0 Å². The molecule has 26 heavy (non-hydrogen) atoms. The van der Waals surface area contributed by atoms with Crippen LogP contribution >= 0.6 is 11.3 Å². The third kappa shape index (κ3) is 2.99. The number of esters is 1. The molecule has 0 atom stereocenters. The maximum atomic E-state index is 12.5. The van der Waals surface area contributed by atoms with Crippen LogP contribution in [0.1, 0.15) is 25.6 Å². The monoisotopic (exact) mass is 367 g/mol. The first-order valence-corrected chi connectivity index (χ1v) is 8.72. The molecule has 0 spiro atoms. The molecule has 4 rings (SSSR count). The number of anilines is 1. The van der Waals surface area contributed by atoms with Crippen LogP contribution in [0.15, 0.2) is 42.5 Å². The lowest BCUT2D eigenvalue weighted by Gasteiger charge is -2.07. The van der Waals surface area contributed by atoms with Gasteiger partial charge in [-0.25, -0.2) is 4.79 Å². The highest BCUT2D eigenvalue weighted by Crippen LogP contribution is 2.28. The van der Waals surface area contributed by atoms with Crippen molar-refractivity contribution in [3.63, 3.8) is 0 Å². The van der Waals surface area contributed by atoms with Crippen LogP contribution in [0.5, 0.6) is 0 Å². The lowest BCUT2D eigenvalue weighted by molar-refractivity contribution is 0.0606. The molecule has 0 unspecified atom stereocenters. The normalized spacial score (nSPS) is 12.9. The second-order valence-corrected chi connectivity index (χ2v) is 6.97. The molecule has 0 aliphatic carbocycles. The molecule has 0 fully saturated rings. The molecule has 1 aromatic heterocycles. The van der Waals surface area contributed by atoms with Gasteiger partial charge in [-0.1, -0.05) is 6.07 Å². The van der Waals surface area contributed by atoms with Gasteiger partial charge in [-0.15, -0.1) is 11.3 Å². The molecule has 1 aliphatic heterocycles.